The summed E-state index contributed by atoms with van der Waals surface area (Å²) in [6.45, 7) is 2.20. The lowest BCUT2D eigenvalue weighted by atomic mass is 9.85. The van der Waals surface area contributed by atoms with E-state index in [2.05, 4.69) is 11.9 Å². The number of aromatic hydroxyl groups is 1. The average Bonchev–Trinajstić information content (AvgIpc) is 2.50. The Bertz CT molecular complexity index is 469. The van der Waals surface area contributed by atoms with Gasteiger partial charge < -0.3 is 19.5 Å². The Labute approximate surface area is 125 Å². The van der Waals surface area contributed by atoms with Gasteiger partial charge in [-0.15, -0.1) is 0 Å². The van der Waals surface area contributed by atoms with Crippen LogP contribution in [0.5, 0.6) is 11.5 Å². The van der Waals surface area contributed by atoms with Crippen LogP contribution in [-0.4, -0.2) is 49.8 Å². The number of phenols is 1. The van der Waals surface area contributed by atoms with Crippen LogP contribution in [-0.2, 0) is 9.53 Å². The number of carbonyl (C=O) groups is 1. The van der Waals surface area contributed by atoms with E-state index in [9.17, 15) is 9.90 Å². The monoisotopic (exact) mass is 293 g/mol. The summed E-state index contributed by atoms with van der Waals surface area (Å²) in [7, 11) is 3.49. The Balaban J connectivity index is 2.00. The fourth-order valence-electron chi connectivity index (χ4n) is 2.74. The molecule has 1 saturated heterocycles. The SMILES string of the molecule is COC(=O)C(COc1ccccc1O)C1CCN(C)CC1. The number of rotatable bonds is 5. The Kier molecular flexibility index (Phi) is 5.44. The molecule has 1 heterocycles. The third-order valence-corrected chi connectivity index (χ3v) is 4.12. The molecule has 1 N–H and O–H groups in total. The first kappa shape index (κ1) is 15.6. The fourth-order valence-corrected chi connectivity index (χ4v) is 2.74. The van der Waals surface area contributed by atoms with Crippen LogP contribution in [0.3, 0.4) is 0 Å². The lowest BCUT2D eigenvalue weighted by Gasteiger charge is -2.32. The number of benzene rings is 1. The number of likely N-dealkylation sites (tertiary alicyclic amines) is 1. The number of para-hydroxylation sites is 2. The normalized spacial score (nSPS) is 18.2. The molecule has 21 heavy (non-hydrogen) atoms. The van der Waals surface area contributed by atoms with Crippen LogP contribution < -0.4 is 4.74 Å². The molecule has 0 radical (unpaired) electrons. The van der Waals surface area contributed by atoms with Crippen LogP contribution in [0.25, 0.3) is 0 Å². The second-order valence-corrected chi connectivity index (χ2v) is 5.55. The smallest absolute Gasteiger partial charge is 0.312 e. The number of methoxy groups -OCH3 is 1. The first-order chi connectivity index (χ1) is 10.1. The number of hydrogen-bond acceptors (Lipinski definition) is 5. The lowest BCUT2D eigenvalue weighted by Crippen LogP contribution is -2.38. The summed E-state index contributed by atoms with van der Waals surface area (Å²) in [6.07, 6.45) is 1.92. The molecule has 0 bridgehead atoms. The van der Waals surface area contributed by atoms with E-state index in [0.717, 1.165) is 25.9 Å². The third-order valence-electron chi connectivity index (χ3n) is 4.12. The average molecular weight is 293 g/mol. The number of esters is 1. The lowest BCUT2D eigenvalue weighted by molar-refractivity contribution is -0.149. The van der Waals surface area contributed by atoms with Gasteiger partial charge in [-0.25, -0.2) is 0 Å². The molecule has 1 aromatic carbocycles. The summed E-state index contributed by atoms with van der Waals surface area (Å²) in [5.74, 6) is 0.228. The van der Waals surface area contributed by atoms with Crippen molar-refractivity contribution in [3.8, 4) is 11.5 Å². The standard InChI is InChI=1S/C16H23NO4/c1-17-9-7-12(8-10-17)13(16(19)20-2)11-21-15-6-4-3-5-14(15)18/h3-6,12-13,18H,7-11H2,1-2H3. The highest BCUT2D eigenvalue weighted by molar-refractivity contribution is 5.72. The Morgan fingerprint density at radius 2 is 2.05 bits per heavy atom. The minimum atomic E-state index is -0.289. The predicted molar refractivity (Wildman–Crippen MR) is 79.3 cm³/mol. The van der Waals surface area contributed by atoms with Crippen molar-refractivity contribution < 1.29 is 19.4 Å². The summed E-state index contributed by atoms with van der Waals surface area (Å²) in [5.41, 5.74) is 0. The van der Waals surface area contributed by atoms with Crippen molar-refractivity contribution in [3.63, 3.8) is 0 Å². The van der Waals surface area contributed by atoms with Crippen LogP contribution >= 0.6 is 0 Å². The topological polar surface area (TPSA) is 59.0 Å². The van der Waals surface area contributed by atoms with Crippen molar-refractivity contribution in [2.24, 2.45) is 11.8 Å². The van der Waals surface area contributed by atoms with Gasteiger partial charge in [0.1, 0.15) is 6.61 Å². The van der Waals surface area contributed by atoms with Crippen molar-refractivity contribution in [2.45, 2.75) is 12.8 Å². The van der Waals surface area contributed by atoms with Gasteiger partial charge in [0.2, 0.25) is 0 Å². The number of hydrogen-bond donors (Lipinski definition) is 1. The third kappa shape index (κ3) is 4.11. The summed E-state index contributed by atoms with van der Waals surface area (Å²) >= 11 is 0. The van der Waals surface area contributed by atoms with Crippen LogP contribution in [0.4, 0.5) is 0 Å². The predicted octanol–water partition coefficient (Wildman–Crippen LogP) is 1.90. The molecule has 116 valence electrons. The molecule has 0 spiro atoms. The largest absolute Gasteiger partial charge is 0.504 e. The van der Waals surface area contributed by atoms with E-state index in [1.807, 2.05) is 0 Å². The molecule has 1 aliphatic heterocycles. The van der Waals surface area contributed by atoms with Crippen LogP contribution in [0, 0.1) is 11.8 Å². The molecule has 1 fully saturated rings. The summed E-state index contributed by atoms with van der Waals surface area (Å²) < 4.78 is 10.6. The minimum absolute atomic E-state index is 0.0875. The molecule has 0 aromatic heterocycles. The van der Waals surface area contributed by atoms with Gasteiger partial charge in [0, 0.05) is 0 Å². The zero-order valence-electron chi connectivity index (χ0n) is 12.6. The first-order valence-electron chi connectivity index (χ1n) is 7.29. The summed E-state index contributed by atoms with van der Waals surface area (Å²) in [6, 6.07) is 6.78. The highest BCUT2D eigenvalue weighted by atomic mass is 16.5. The van der Waals surface area contributed by atoms with Crippen molar-refractivity contribution in [2.75, 3.05) is 33.9 Å². The highest BCUT2D eigenvalue weighted by Crippen LogP contribution is 2.29. The van der Waals surface area contributed by atoms with Crippen LogP contribution in [0.15, 0.2) is 24.3 Å². The zero-order chi connectivity index (χ0) is 15.2. The second kappa shape index (κ2) is 7.31. The van der Waals surface area contributed by atoms with Gasteiger partial charge >= 0.3 is 5.97 Å². The van der Waals surface area contributed by atoms with Gasteiger partial charge in [-0.2, -0.15) is 0 Å². The van der Waals surface area contributed by atoms with E-state index < -0.39 is 0 Å². The maximum Gasteiger partial charge on any atom is 0.312 e. The molecule has 0 saturated carbocycles. The van der Waals surface area contributed by atoms with E-state index >= 15 is 0 Å². The Morgan fingerprint density at radius 1 is 1.38 bits per heavy atom. The van der Waals surface area contributed by atoms with Gasteiger partial charge in [-0.1, -0.05) is 12.1 Å². The number of piperidine rings is 1. The van der Waals surface area contributed by atoms with Crippen molar-refractivity contribution >= 4 is 5.97 Å². The molecular formula is C16H23NO4. The molecule has 0 aliphatic carbocycles. The molecule has 0 amide bonds. The molecule has 1 aromatic rings. The molecule has 1 unspecified atom stereocenters. The van der Waals surface area contributed by atoms with Gasteiger partial charge in [-0.05, 0) is 51.0 Å². The molecule has 2 rings (SSSR count). The van der Waals surface area contributed by atoms with E-state index in [0.29, 0.717) is 5.75 Å². The van der Waals surface area contributed by atoms with Gasteiger partial charge in [-0.3, -0.25) is 4.79 Å². The Morgan fingerprint density at radius 3 is 2.67 bits per heavy atom. The van der Waals surface area contributed by atoms with Crippen LogP contribution in [0.1, 0.15) is 12.8 Å². The second-order valence-electron chi connectivity index (χ2n) is 5.55. The fraction of sp³-hybridized carbons (Fsp3) is 0.562. The minimum Gasteiger partial charge on any atom is -0.504 e. The summed E-state index contributed by atoms with van der Waals surface area (Å²) in [4.78, 5) is 14.3. The first-order valence-corrected chi connectivity index (χ1v) is 7.29. The number of ether oxygens (including phenoxy) is 2. The Hall–Kier alpha value is -1.75. The van der Waals surface area contributed by atoms with Crippen molar-refractivity contribution in [1.29, 1.82) is 0 Å². The molecule has 1 aliphatic rings. The zero-order valence-corrected chi connectivity index (χ0v) is 12.6. The van der Waals surface area contributed by atoms with Crippen molar-refractivity contribution in [3.05, 3.63) is 24.3 Å². The van der Waals surface area contributed by atoms with Crippen molar-refractivity contribution in [1.82, 2.24) is 4.90 Å². The van der Waals surface area contributed by atoms with E-state index in [-0.39, 0.29) is 30.2 Å². The van der Waals surface area contributed by atoms with Crippen LogP contribution in [0.2, 0.25) is 0 Å². The number of phenolic OH excluding ortho intramolecular Hbond substituents is 1. The van der Waals surface area contributed by atoms with E-state index in [1.54, 1.807) is 24.3 Å². The van der Waals surface area contributed by atoms with Gasteiger partial charge in [0.25, 0.3) is 0 Å². The number of nitrogens with zero attached hydrogens (tertiary/aromatic N) is 1. The quantitative estimate of drug-likeness (QED) is 0.840. The molecule has 5 heteroatoms. The molecule has 1 atom stereocenters. The highest BCUT2D eigenvalue weighted by Gasteiger charge is 2.32. The maximum atomic E-state index is 12.0. The van der Waals surface area contributed by atoms with Gasteiger partial charge in [0.15, 0.2) is 11.5 Å². The number of carbonyl (C=O) groups excluding carboxylic acids is 1. The van der Waals surface area contributed by atoms with Gasteiger partial charge in [0.05, 0.1) is 13.0 Å². The molecular weight excluding hydrogens is 270 g/mol. The maximum absolute atomic E-state index is 12.0. The van der Waals surface area contributed by atoms with E-state index in [4.69, 9.17) is 9.47 Å². The van der Waals surface area contributed by atoms with E-state index in [1.165, 1.54) is 7.11 Å². The molecule has 5 nitrogen and oxygen atoms in total. The summed E-state index contributed by atoms with van der Waals surface area (Å²) in [5, 5.41) is 9.72.